The second-order valence-electron chi connectivity index (χ2n) is 4.48. The van der Waals surface area contributed by atoms with E-state index in [1.165, 1.54) is 29.9 Å². The summed E-state index contributed by atoms with van der Waals surface area (Å²) in [4.78, 5) is 1.30. The lowest BCUT2D eigenvalue weighted by Gasteiger charge is -2.40. The molecule has 1 aromatic carbocycles. The van der Waals surface area contributed by atoms with Crippen LogP contribution in [0.2, 0.25) is 0 Å². The van der Waals surface area contributed by atoms with Crippen LogP contribution < -0.4 is 4.74 Å². The van der Waals surface area contributed by atoms with Crippen LogP contribution in [0, 0.1) is 5.41 Å². The topological polar surface area (TPSA) is 9.23 Å². The lowest BCUT2D eigenvalue weighted by Crippen LogP contribution is -2.33. The van der Waals surface area contributed by atoms with Gasteiger partial charge >= 0.3 is 0 Å². The van der Waals surface area contributed by atoms with Gasteiger partial charge in [-0.2, -0.15) is 12.6 Å². The fraction of sp³-hybridized carbons (Fsp3) is 0.538. The Hall–Kier alpha value is -0.280. The molecule has 0 unspecified atom stereocenters. The molecule has 0 N–H and O–H groups in total. The minimum atomic E-state index is 0.497. The number of thioether (sulfide) groups is 1. The Kier molecular flexibility index (Phi) is 4.09. The standard InChI is InChI=1S/C13H18OS2/c1-14-11-4-2-5-12(8-11)16-10-13(9-15)6-3-7-13/h2,4-5,8,15H,3,6-7,9-10H2,1H3. The molecule has 1 fully saturated rings. The van der Waals surface area contributed by atoms with Crippen LogP contribution in [0.4, 0.5) is 0 Å². The number of ether oxygens (including phenoxy) is 1. The zero-order valence-electron chi connectivity index (χ0n) is 9.61. The van der Waals surface area contributed by atoms with Crippen LogP contribution >= 0.6 is 24.4 Å². The smallest absolute Gasteiger partial charge is 0.119 e. The molecule has 0 bridgehead atoms. The van der Waals surface area contributed by atoms with Crippen molar-refractivity contribution in [3.8, 4) is 5.75 Å². The Labute approximate surface area is 107 Å². The van der Waals surface area contributed by atoms with Crippen LogP contribution in [0.25, 0.3) is 0 Å². The highest BCUT2D eigenvalue weighted by atomic mass is 32.2. The second kappa shape index (κ2) is 5.37. The summed E-state index contributed by atoms with van der Waals surface area (Å²) >= 11 is 6.41. The minimum Gasteiger partial charge on any atom is -0.497 e. The van der Waals surface area contributed by atoms with Crippen LogP contribution in [0.1, 0.15) is 19.3 Å². The van der Waals surface area contributed by atoms with Crippen molar-refractivity contribution in [3.63, 3.8) is 0 Å². The van der Waals surface area contributed by atoms with Gasteiger partial charge in [-0.15, -0.1) is 11.8 Å². The molecule has 0 atom stereocenters. The zero-order valence-corrected chi connectivity index (χ0v) is 11.3. The second-order valence-corrected chi connectivity index (χ2v) is 5.84. The predicted octanol–water partition coefficient (Wildman–Crippen LogP) is 3.89. The summed E-state index contributed by atoms with van der Waals surface area (Å²) in [5.74, 6) is 3.15. The molecule has 0 amide bonds. The van der Waals surface area contributed by atoms with Gasteiger partial charge in [-0.1, -0.05) is 12.5 Å². The fourth-order valence-corrected chi connectivity index (χ4v) is 3.77. The first-order chi connectivity index (χ1) is 7.78. The first-order valence-electron chi connectivity index (χ1n) is 5.66. The third kappa shape index (κ3) is 2.69. The van der Waals surface area contributed by atoms with Gasteiger partial charge in [-0.05, 0) is 42.2 Å². The van der Waals surface area contributed by atoms with Crippen molar-refractivity contribution < 1.29 is 4.74 Å². The van der Waals surface area contributed by atoms with Crippen molar-refractivity contribution in [2.75, 3.05) is 18.6 Å². The summed E-state index contributed by atoms with van der Waals surface area (Å²) in [6, 6.07) is 8.30. The highest BCUT2D eigenvalue weighted by molar-refractivity contribution is 7.99. The average molecular weight is 254 g/mol. The number of rotatable bonds is 5. The molecule has 2 rings (SSSR count). The first kappa shape index (κ1) is 12.2. The molecule has 0 heterocycles. The molecule has 0 aliphatic heterocycles. The fourth-order valence-electron chi connectivity index (χ4n) is 1.95. The molecule has 88 valence electrons. The van der Waals surface area contributed by atoms with Crippen molar-refractivity contribution in [1.29, 1.82) is 0 Å². The summed E-state index contributed by atoms with van der Waals surface area (Å²) in [5, 5.41) is 0. The SMILES string of the molecule is COc1cccc(SCC2(CS)CCC2)c1. The average Bonchev–Trinajstić information content (AvgIpc) is 2.29. The predicted molar refractivity (Wildman–Crippen MR) is 73.9 cm³/mol. The van der Waals surface area contributed by atoms with Gasteiger partial charge in [0.25, 0.3) is 0 Å². The molecular weight excluding hydrogens is 236 g/mol. The summed E-state index contributed by atoms with van der Waals surface area (Å²) in [7, 11) is 1.71. The van der Waals surface area contributed by atoms with Crippen LogP contribution in [-0.4, -0.2) is 18.6 Å². The van der Waals surface area contributed by atoms with Crippen molar-refractivity contribution in [2.45, 2.75) is 24.2 Å². The molecular formula is C13H18OS2. The first-order valence-corrected chi connectivity index (χ1v) is 7.28. The van der Waals surface area contributed by atoms with E-state index in [0.29, 0.717) is 5.41 Å². The van der Waals surface area contributed by atoms with E-state index >= 15 is 0 Å². The highest BCUT2D eigenvalue weighted by Gasteiger charge is 2.35. The van der Waals surface area contributed by atoms with Crippen LogP contribution in [0.3, 0.4) is 0 Å². The number of methoxy groups -OCH3 is 1. The van der Waals surface area contributed by atoms with E-state index in [4.69, 9.17) is 4.74 Å². The van der Waals surface area contributed by atoms with Gasteiger partial charge in [0, 0.05) is 10.6 Å². The number of hydrogen-bond acceptors (Lipinski definition) is 3. The van der Waals surface area contributed by atoms with E-state index < -0.39 is 0 Å². The van der Waals surface area contributed by atoms with E-state index in [2.05, 4.69) is 30.8 Å². The molecule has 0 spiro atoms. The summed E-state index contributed by atoms with van der Waals surface area (Å²) in [6.45, 7) is 0. The third-order valence-electron chi connectivity index (χ3n) is 3.34. The normalized spacial score (nSPS) is 17.9. The lowest BCUT2D eigenvalue weighted by atomic mass is 9.72. The van der Waals surface area contributed by atoms with E-state index in [9.17, 15) is 0 Å². The largest absolute Gasteiger partial charge is 0.497 e. The van der Waals surface area contributed by atoms with Gasteiger partial charge in [0.1, 0.15) is 5.75 Å². The van der Waals surface area contributed by atoms with Gasteiger partial charge in [0.15, 0.2) is 0 Å². The van der Waals surface area contributed by atoms with E-state index in [1.54, 1.807) is 7.11 Å². The van der Waals surface area contributed by atoms with E-state index in [-0.39, 0.29) is 0 Å². The molecule has 3 heteroatoms. The molecule has 1 aliphatic rings. The highest BCUT2D eigenvalue weighted by Crippen LogP contribution is 2.45. The molecule has 16 heavy (non-hydrogen) atoms. The molecule has 0 saturated heterocycles. The summed E-state index contributed by atoms with van der Waals surface area (Å²) in [6.07, 6.45) is 4.06. The van der Waals surface area contributed by atoms with Gasteiger partial charge in [0.2, 0.25) is 0 Å². The minimum absolute atomic E-state index is 0.497. The summed E-state index contributed by atoms with van der Waals surface area (Å²) in [5.41, 5.74) is 0.497. The molecule has 1 saturated carbocycles. The molecule has 1 aliphatic carbocycles. The quantitative estimate of drug-likeness (QED) is 0.630. The van der Waals surface area contributed by atoms with Crippen molar-refractivity contribution in [3.05, 3.63) is 24.3 Å². The maximum absolute atomic E-state index is 5.23. The van der Waals surface area contributed by atoms with Crippen molar-refractivity contribution >= 4 is 24.4 Å². The maximum Gasteiger partial charge on any atom is 0.119 e. The van der Waals surface area contributed by atoms with Gasteiger partial charge in [-0.3, -0.25) is 0 Å². The van der Waals surface area contributed by atoms with E-state index in [1.807, 2.05) is 17.8 Å². The van der Waals surface area contributed by atoms with Crippen LogP contribution in [-0.2, 0) is 0 Å². The molecule has 0 aromatic heterocycles. The monoisotopic (exact) mass is 254 g/mol. The zero-order chi connectivity index (χ0) is 11.4. The van der Waals surface area contributed by atoms with Gasteiger partial charge in [0.05, 0.1) is 7.11 Å². The Morgan fingerprint density at radius 3 is 2.81 bits per heavy atom. The Balaban J connectivity index is 1.93. The maximum atomic E-state index is 5.23. The van der Waals surface area contributed by atoms with E-state index in [0.717, 1.165) is 11.5 Å². The number of thiol groups is 1. The van der Waals surface area contributed by atoms with Gasteiger partial charge in [-0.25, -0.2) is 0 Å². The lowest BCUT2D eigenvalue weighted by molar-refractivity contribution is 0.205. The third-order valence-corrected chi connectivity index (χ3v) is 5.35. The summed E-state index contributed by atoms with van der Waals surface area (Å²) < 4.78 is 5.23. The Bertz CT molecular complexity index is 342. The number of hydrogen-bond donors (Lipinski definition) is 1. The van der Waals surface area contributed by atoms with Crippen molar-refractivity contribution in [1.82, 2.24) is 0 Å². The Morgan fingerprint density at radius 1 is 1.44 bits per heavy atom. The Morgan fingerprint density at radius 2 is 2.25 bits per heavy atom. The number of benzene rings is 1. The van der Waals surface area contributed by atoms with Crippen LogP contribution in [0.15, 0.2) is 29.2 Å². The van der Waals surface area contributed by atoms with Gasteiger partial charge < -0.3 is 4.74 Å². The molecule has 1 nitrogen and oxygen atoms in total. The van der Waals surface area contributed by atoms with Crippen molar-refractivity contribution in [2.24, 2.45) is 5.41 Å². The van der Waals surface area contributed by atoms with Crippen LogP contribution in [0.5, 0.6) is 5.75 Å². The molecule has 1 aromatic rings. The molecule has 0 radical (unpaired) electrons.